The Morgan fingerprint density at radius 2 is 1.83 bits per heavy atom. The Labute approximate surface area is 271 Å². The van der Waals surface area contributed by atoms with Crippen LogP contribution >= 0.6 is 0 Å². The number of carbonyl (C=O) groups is 1. The third-order valence-electron chi connectivity index (χ3n) is 8.63. The van der Waals surface area contributed by atoms with Crippen LogP contribution in [0, 0.1) is 11.7 Å². The third-order valence-corrected chi connectivity index (χ3v) is 8.63. The summed E-state index contributed by atoms with van der Waals surface area (Å²) in [6.45, 7) is 1.51. The zero-order valence-corrected chi connectivity index (χ0v) is 26.5. The van der Waals surface area contributed by atoms with Crippen molar-refractivity contribution < 1.29 is 9.18 Å². The summed E-state index contributed by atoms with van der Waals surface area (Å²) in [5, 5.41) is 13.9. The Bertz CT molecular complexity index is 2050. The number of imidazole rings is 1. The molecule has 0 spiro atoms. The van der Waals surface area contributed by atoms with Gasteiger partial charge < -0.3 is 20.5 Å². The van der Waals surface area contributed by atoms with Crippen molar-refractivity contribution in [1.29, 1.82) is 0 Å². The van der Waals surface area contributed by atoms with Crippen LogP contribution in [0.15, 0.2) is 61.1 Å². The third kappa shape index (κ3) is 6.82. The lowest BCUT2D eigenvalue weighted by Crippen LogP contribution is -2.20. The van der Waals surface area contributed by atoms with Crippen molar-refractivity contribution in [2.45, 2.75) is 38.5 Å². The second kappa shape index (κ2) is 13.2. The second-order valence-corrected chi connectivity index (χ2v) is 12.5. The molecule has 1 saturated carbocycles. The van der Waals surface area contributed by atoms with Crippen molar-refractivity contribution in [1.82, 2.24) is 40.0 Å². The van der Waals surface area contributed by atoms with Crippen LogP contribution < -0.4 is 10.6 Å². The Kier molecular flexibility index (Phi) is 8.58. The summed E-state index contributed by atoms with van der Waals surface area (Å²) in [6, 6.07) is 12.4. The molecule has 1 aliphatic carbocycles. The Hall–Kier alpha value is -5.23. The van der Waals surface area contributed by atoms with Crippen LogP contribution in [0.1, 0.15) is 38.5 Å². The highest BCUT2D eigenvalue weighted by atomic mass is 19.1. The highest BCUT2D eigenvalue weighted by Crippen LogP contribution is 2.33. The molecule has 6 aromatic rings. The molecule has 0 atom stereocenters. The SMILES string of the molecule is CN(C)CCNc1cc(F)cc(-c2ccnc3[nH]c(-c4n[nH]c5ccc(-c6cncc(NC(=O)CC7CCCCC7)c6)nc45)nc23)c1. The van der Waals surface area contributed by atoms with Crippen LogP contribution in [0.3, 0.4) is 0 Å². The number of carbonyl (C=O) groups excluding carboxylic acids is 1. The molecule has 12 heteroatoms. The number of fused-ring (bicyclic) bond motifs is 2. The first-order valence-electron chi connectivity index (χ1n) is 16.0. The van der Waals surface area contributed by atoms with Gasteiger partial charge in [-0.2, -0.15) is 5.10 Å². The minimum Gasteiger partial charge on any atom is -0.384 e. The number of nitrogens with zero attached hydrogens (tertiary/aromatic N) is 6. The molecule has 0 aliphatic heterocycles. The van der Waals surface area contributed by atoms with Gasteiger partial charge in [0.1, 0.15) is 16.9 Å². The number of pyridine rings is 3. The van der Waals surface area contributed by atoms with Crippen LogP contribution in [-0.4, -0.2) is 73.1 Å². The molecule has 1 aliphatic rings. The maximum atomic E-state index is 14.7. The van der Waals surface area contributed by atoms with Gasteiger partial charge >= 0.3 is 0 Å². The quantitative estimate of drug-likeness (QED) is 0.132. The molecule has 11 nitrogen and oxygen atoms in total. The van der Waals surface area contributed by atoms with Crippen LogP contribution in [0.25, 0.3) is 56.1 Å². The first-order chi connectivity index (χ1) is 22.9. The van der Waals surface area contributed by atoms with E-state index in [1.807, 2.05) is 44.4 Å². The first-order valence-corrected chi connectivity index (χ1v) is 16.0. The monoisotopic (exact) mass is 632 g/mol. The minimum atomic E-state index is -0.340. The number of halogens is 1. The number of nitrogens with one attached hydrogen (secondary N) is 4. The van der Waals surface area contributed by atoms with E-state index in [9.17, 15) is 9.18 Å². The van der Waals surface area contributed by atoms with Gasteiger partial charge in [-0.3, -0.25) is 14.9 Å². The molecule has 0 bridgehead atoms. The molecular formula is C35H37FN10O. The number of anilines is 2. The largest absolute Gasteiger partial charge is 0.384 e. The number of rotatable bonds is 10. The number of H-pyrrole nitrogens is 2. The highest BCUT2D eigenvalue weighted by molar-refractivity contribution is 5.95. The maximum Gasteiger partial charge on any atom is 0.224 e. The summed E-state index contributed by atoms with van der Waals surface area (Å²) < 4.78 is 14.7. The molecule has 0 saturated heterocycles. The summed E-state index contributed by atoms with van der Waals surface area (Å²) in [7, 11) is 3.99. The summed E-state index contributed by atoms with van der Waals surface area (Å²) in [6.07, 6.45) is 11.5. The van der Waals surface area contributed by atoms with Crippen molar-refractivity contribution >= 4 is 39.5 Å². The van der Waals surface area contributed by atoms with E-state index in [1.165, 1.54) is 31.4 Å². The van der Waals surface area contributed by atoms with Gasteiger partial charge in [0.15, 0.2) is 17.2 Å². The number of likely N-dealkylation sites (N-methyl/N-ethyl adjacent to an activating group) is 1. The standard InChI is InChI=1S/C35H37FN10O/c1-46(2)13-12-38-25-16-22(15-24(36)18-25)27-10-11-39-34-31(27)42-35(43-34)33-32-29(44-45-33)9-8-28(41-32)23-17-26(20-37-19-23)40-30(47)14-21-6-4-3-5-7-21/h8-11,15-21,38H,3-7,12-14H2,1-2H3,(H,40,47)(H,44,45)(H,39,42,43). The molecule has 1 fully saturated rings. The smallest absolute Gasteiger partial charge is 0.224 e. The van der Waals surface area contributed by atoms with Gasteiger partial charge in [0, 0.05) is 48.7 Å². The van der Waals surface area contributed by atoms with Crippen LogP contribution in [-0.2, 0) is 4.79 Å². The number of hydrogen-bond donors (Lipinski definition) is 4. The molecule has 4 N–H and O–H groups in total. The van der Waals surface area contributed by atoms with Gasteiger partial charge in [0.05, 0.1) is 23.1 Å². The van der Waals surface area contributed by atoms with Crippen molar-refractivity contribution in [2.75, 3.05) is 37.8 Å². The zero-order chi connectivity index (χ0) is 32.3. The molecule has 1 aromatic carbocycles. The molecule has 0 unspecified atom stereocenters. The Morgan fingerprint density at radius 1 is 0.979 bits per heavy atom. The van der Waals surface area contributed by atoms with E-state index in [0.717, 1.165) is 36.0 Å². The molecule has 1 amide bonds. The zero-order valence-electron chi connectivity index (χ0n) is 26.5. The predicted octanol–water partition coefficient (Wildman–Crippen LogP) is 6.65. The Balaban J connectivity index is 1.16. The number of amides is 1. The van der Waals surface area contributed by atoms with E-state index in [1.54, 1.807) is 18.6 Å². The average Bonchev–Trinajstić information content (AvgIpc) is 3.69. The summed E-state index contributed by atoms with van der Waals surface area (Å²) in [5.74, 6) is 0.616. The lowest BCUT2D eigenvalue weighted by molar-refractivity contribution is -0.117. The van der Waals surface area contributed by atoms with E-state index in [-0.39, 0.29) is 11.7 Å². The van der Waals surface area contributed by atoms with Gasteiger partial charge in [0.25, 0.3) is 0 Å². The van der Waals surface area contributed by atoms with Crippen molar-refractivity contribution in [2.24, 2.45) is 5.92 Å². The molecule has 7 rings (SSSR count). The Morgan fingerprint density at radius 3 is 2.68 bits per heavy atom. The van der Waals surface area contributed by atoms with E-state index in [0.29, 0.717) is 69.7 Å². The molecule has 47 heavy (non-hydrogen) atoms. The number of aromatic amines is 2. The number of hydrogen-bond acceptors (Lipinski definition) is 8. The lowest BCUT2D eigenvalue weighted by Gasteiger charge is -2.20. The average molecular weight is 633 g/mol. The van der Waals surface area contributed by atoms with Crippen LogP contribution in [0.5, 0.6) is 0 Å². The summed E-state index contributed by atoms with van der Waals surface area (Å²) in [5.41, 5.74) is 7.25. The van der Waals surface area contributed by atoms with Gasteiger partial charge in [-0.05, 0) is 80.9 Å². The summed E-state index contributed by atoms with van der Waals surface area (Å²) in [4.78, 5) is 36.8. The first kappa shape index (κ1) is 30.4. The fourth-order valence-corrected chi connectivity index (χ4v) is 6.27. The molecule has 5 aromatic heterocycles. The molecular weight excluding hydrogens is 595 g/mol. The maximum absolute atomic E-state index is 14.7. The minimum absolute atomic E-state index is 0.0179. The van der Waals surface area contributed by atoms with Crippen molar-refractivity contribution in [3.8, 4) is 33.9 Å². The number of aromatic nitrogens is 7. The lowest BCUT2D eigenvalue weighted by atomic mass is 9.87. The van der Waals surface area contributed by atoms with Gasteiger partial charge in [0.2, 0.25) is 5.91 Å². The van der Waals surface area contributed by atoms with Crippen LogP contribution in [0.4, 0.5) is 15.8 Å². The normalized spacial score (nSPS) is 13.9. The second-order valence-electron chi connectivity index (χ2n) is 12.5. The number of benzene rings is 1. The molecule has 5 heterocycles. The molecule has 240 valence electrons. The van der Waals surface area contributed by atoms with Gasteiger partial charge in [-0.25, -0.2) is 19.3 Å². The van der Waals surface area contributed by atoms with E-state index in [4.69, 9.17) is 9.97 Å². The fourth-order valence-electron chi connectivity index (χ4n) is 6.27. The highest BCUT2D eigenvalue weighted by Gasteiger charge is 2.19. The fraction of sp³-hybridized carbons (Fsp3) is 0.314. The van der Waals surface area contributed by atoms with E-state index < -0.39 is 0 Å². The molecule has 0 radical (unpaired) electrons. The van der Waals surface area contributed by atoms with E-state index in [2.05, 4.69) is 40.7 Å². The van der Waals surface area contributed by atoms with Gasteiger partial charge in [-0.15, -0.1) is 0 Å². The summed E-state index contributed by atoms with van der Waals surface area (Å²) >= 11 is 0. The van der Waals surface area contributed by atoms with E-state index >= 15 is 0 Å². The topological polar surface area (TPSA) is 140 Å². The van der Waals surface area contributed by atoms with Crippen LogP contribution in [0.2, 0.25) is 0 Å². The van der Waals surface area contributed by atoms with Gasteiger partial charge in [-0.1, -0.05) is 19.3 Å². The van der Waals surface area contributed by atoms with Crippen molar-refractivity contribution in [3.63, 3.8) is 0 Å². The van der Waals surface area contributed by atoms with Crippen molar-refractivity contribution in [3.05, 3.63) is 66.9 Å². The predicted molar refractivity (Wildman–Crippen MR) is 182 cm³/mol.